The first kappa shape index (κ1) is 24.9. The number of carbonyl (C=O) groups excluding carboxylic acids is 1. The summed E-state index contributed by atoms with van der Waals surface area (Å²) in [6, 6.07) is 32.7. The van der Waals surface area contributed by atoms with E-state index in [1.165, 1.54) is 0 Å². The molecule has 0 unspecified atom stereocenters. The monoisotopic (exact) mass is 508 g/mol. The number of rotatable bonds is 9. The lowest BCUT2D eigenvalue weighted by molar-refractivity contribution is -0.139. The fourth-order valence-electron chi connectivity index (χ4n) is 4.62. The summed E-state index contributed by atoms with van der Waals surface area (Å²) in [6.45, 7) is 1.57. The van der Waals surface area contributed by atoms with E-state index in [4.69, 9.17) is 14.6 Å². The first-order valence-electron chi connectivity index (χ1n) is 12.5. The Bertz CT molecular complexity index is 1410. The van der Waals surface area contributed by atoms with Crippen LogP contribution in [0.15, 0.2) is 103 Å². The summed E-state index contributed by atoms with van der Waals surface area (Å²) in [5.41, 5.74) is 4.26. The zero-order valence-corrected chi connectivity index (χ0v) is 20.8. The Balaban J connectivity index is 1.46. The zero-order chi connectivity index (χ0) is 26.3. The van der Waals surface area contributed by atoms with Gasteiger partial charge >= 0.3 is 5.97 Å². The minimum absolute atomic E-state index is 0.0824. The van der Waals surface area contributed by atoms with E-state index < -0.39 is 12.6 Å². The molecule has 1 aliphatic rings. The fourth-order valence-corrected chi connectivity index (χ4v) is 4.62. The average Bonchev–Trinajstić information content (AvgIpc) is 2.97. The van der Waals surface area contributed by atoms with Gasteiger partial charge in [0.25, 0.3) is 5.91 Å². The SMILES string of the molecule is O=C(O)COc1cccc2c1OCCN2CCN(C(=O)c1ccccc1)c1ccccc1-c1ccccc1. The molecule has 38 heavy (non-hydrogen) atoms. The molecule has 0 aromatic heterocycles. The van der Waals surface area contributed by atoms with Crippen LogP contribution in [-0.4, -0.2) is 49.8 Å². The lowest BCUT2D eigenvalue weighted by atomic mass is 10.0. The van der Waals surface area contributed by atoms with Gasteiger partial charge in [-0.1, -0.05) is 72.8 Å². The van der Waals surface area contributed by atoms with E-state index in [1.807, 2.05) is 102 Å². The number of benzene rings is 4. The van der Waals surface area contributed by atoms with Crippen molar-refractivity contribution in [2.24, 2.45) is 0 Å². The summed E-state index contributed by atoms with van der Waals surface area (Å²) in [4.78, 5) is 28.8. The quantitative estimate of drug-likeness (QED) is 0.328. The van der Waals surface area contributed by atoms with Crippen molar-refractivity contribution in [2.75, 3.05) is 42.6 Å². The highest BCUT2D eigenvalue weighted by Crippen LogP contribution is 2.40. The Labute approximate surface area is 221 Å². The summed E-state index contributed by atoms with van der Waals surface area (Å²) >= 11 is 0. The van der Waals surface area contributed by atoms with Gasteiger partial charge < -0.3 is 24.4 Å². The molecule has 0 saturated heterocycles. The van der Waals surface area contributed by atoms with Crippen molar-refractivity contribution in [2.45, 2.75) is 0 Å². The van der Waals surface area contributed by atoms with Crippen LogP contribution in [0, 0.1) is 0 Å². The normalized spacial score (nSPS) is 12.3. The van der Waals surface area contributed by atoms with Gasteiger partial charge in [0.2, 0.25) is 0 Å². The summed E-state index contributed by atoms with van der Waals surface area (Å²) in [5, 5.41) is 9.02. The predicted molar refractivity (Wildman–Crippen MR) is 147 cm³/mol. The van der Waals surface area contributed by atoms with Crippen LogP contribution in [0.25, 0.3) is 11.1 Å². The molecule has 7 heteroatoms. The van der Waals surface area contributed by atoms with Crippen molar-refractivity contribution in [1.82, 2.24) is 0 Å². The Morgan fingerprint density at radius 3 is 2.34 bits per heavy atom. The van der Waals surface area contributed by atoms with Gasteiger partial charge in [0.05, 0.1) is 17.9 Å². The molecule has 0 aliphatic carbocycles. The number of ether oxygens (including phenoxy) is 2. The van der Waals surface area contributed by atoms with Gasteiger partial charge in [-0.05, 0) is 35.9 Å². The van der Waals surface area contributed by atoms with Crippen LogP contribution < -0.4 is 19.3 Å². The van der Waals surface area contributed by atoms with Crippen molar-refractivity contribution < 1.29 is 24.2 Å². The number of anilines is 2. The third kappa shape index (κ3) is 5.47. The van der Waals surface area contributed by atoms with Gasteiger partial charge in [0, 0.05) is 24.2 Å². The molecule has 192 valence electrons. The highest BCUT2D eigenvalue weighted by molar-refractivity contribution is 6.08. The van der Waals surface area contributed by atoms with Crippen LogP contribution >= 0.6 is 0 Å². The average molecular weight is 509 g/mol. The Morgan fingerprint density at radius 2 is 1.58 bits per heavy atom. The lowest BCUT2D eigenvalue weighted by Crippen LogP contribution is -2.42. The topological polar surface area (TPSA) is 79.3 Å². The maximum Gasteiger partial charge on any atom is 0.341 e. The number of carboxylic acid groups (broad SMARTS) is 1. The number of hydrogen-bond acceptors (Lipinski definition) is 5. The smallest absolute Gasteiger partial charge is 0.341 e. The second-order valence-electron chi connectivity index (χ2n) is 8.83. The molecular weight excluding hydrogens is 480 g/mol. The number of hydrogen-bond donors (Lipinski definition) is 1. The number of fused-ring (bicyclic) bond motifs is 1. The molecule has 0 atom stereocenters. The second-order valence-corrected chi connectivity index (χ2v) is 8.83. The van der Waals surface area contributed by atoms with Gasteiger partial charge in [-0.3, -0.25) is 4.79 Å². The Morgan fingerprint density at radius 1 is 0.868 bits per heavy atom. The number of carboxylic acids is 1. The Hall–Kier alpha value is -4.78. The standard InChI is InChI=1S/C31H28N2O5/c34-29(35)22-38-28-17-9-16-27-30(28)37-21-20-32(27)18-19-33(31(36)24-12-5-2-6-13-24)26-15-8-7-14-25(26)23-10-3-1-4-11-23/h1-17H,18-22H2,(H,34,35). The molecule has 1 amide bonds. The van der Waals surface area contributed by atoms with Crippen LogP contribution in [0.2, 0.25) is 0 Å². The molecule has 4 aromatic carbocycles. The third-order valence-electron chi connectivity index (χ3n) is 6.40. The maximum absolute atomic E-state index is 13.9. The van der Waals surface area contributed by atoms with Gasteiger partial charge in [0.1, 0.15) is 6.61 Å². The van der Waals surface area contributed by atoms with Crippen LogP contribution in [0.4, 0.5) is 11.4 Å². The minimum Gasteiger partial charge on any atom is -0.486 e. The van der Waals surface area contributed by atoms with Gasteiger partial charge in [-0.2, -0.15) is 0 Å². The van der Waals surface area contributed by atoms with E-state index in [1.54, 1.807) is 6.07 Å². The largest absolute Gasteiger partial charge is 0.486 e. The van der Waals surface area contributed by atoms with Gasteiger partial charge in [-0.25, -0.2) is 4.79 Å². The maximum atomic E-state index is 13.9. The summed E-state index contributed by atoms with van der Waals surface area (Å²) in [7, 11) is 0. The van der Waals surface area contributed by atoms with Crippen molar-refractivity contribution in [1.29, 1.82) is 0 Å². The zero-order valence-electron chi connectivity index (χ0n) is 20.8. The molecular formula is C31H28N2O5. The summed E-state index contributed by atoms with van der Waals surface area (Å²) in [6.07, 6.45) is 0. The van der Waals surface area contributed by atoms with Gasteiger partial charge in [0.15, 0.2) is 18.1 Å². The fraction of sp³-hybridized carbons (Fsp3) is 0.161. The molecule has 5 rings (SSSR count). The van der Waals surface area contributed by atoms with E-state index in [-0.39, 0.29) is 5.91 Å². The van der Waals surface area contributed by atoms with Crippen LogP contribution in [0.3, 0.4) is 0 Å². The molecule has 1 heterocycles. The van der Waals surface area contributed by atoms with E-state index in [0.29, 0.717) is 43.3 Å². The second kappa shape index (κ2) is 11.5. The van der Waals surface area contributed by atoms with Crippen molar-refractivity contribution >= 4 is 23.3 Å². The highest BCUT2D eigenvalue weighted by atomic mass is 16.5. The highest BCUT2D eigenvalue weighted by Gasteiger charge is 2.25. The first-order valence-corrected chi connectivity index (χ1v) is 12.5. The molecule has 4 aromatic rings. The van der Waals surface area contributed by atoms with E-state index in [9.17, 15) is 9.59 Å². The molecule has 1 aliphatic heterocycles. The molecule has 0 bridgehead atoms. The molecule has 0 radical (unpaired) electrons. The predicted octanol–water partition coefficient (Wildman–Crippen LogP) is 5.36. The summed E-state index contributed by atoms with van der Waals surface area (Å²) < 4.78 is 11.3. The van der Waals surface area contributed by atoms with Crippen LogP contribution in [-0.2, 0) is 4.79 Å². The van der Waals surface area contributed by atoms with Crippen molar-refractivity contribution in [3.05, 3.63) is 109 Å². The third-order valence-corrected chi connectivity index (χ3v) is 6.40. The Kier molecular flexibility index (Phi) is 7.54. The van der Waals surface area contributed by atoms with E-state index in [2.05, 4.69) is 4.90 Å². The number of para-hydroxylation sites is 2. The number of carbonyl (C=O) groups is 2. The molecule has 0 spiro atoms. The molecule has 7 nitrogen and oxygen atoms in total. The minimum atomic E-state index is -1.05. The van der Waals surface area contributed by atoms with Crippen molar-refractivity contribution in [3.8, 4) is 22.6 Å². The van der Waals surface area contributed by atoms with E-state index >= 15 is 0 Å². The number of amides is 1. The molecule has 0 saturated carbocycles. The molecule has 1 N–H and O–H groups in total. The lowest BCUT2D eigenvalue weighted by Gasteiger charge is -2.34. The summed E-state index contributed by atoms with van der Waals surface area (Å²) in [5.74, 6) is -0.227. The van der Waals surface area contributed by atoms with Crippen LogP contribution in [0.1, 0.15) is 10.4 Å². The van der Waals surface area contributed by atoms with Crippen molar-refractivity contribution in [3.63, 3.8) is 0 Å². The van der Waals surface area contributed by atoms with Crippen LogP contribution in [0.5, 0.6) is 11.5 Å². The number of aliphatic carboxylic acids is 1. The van der Waals surface area contributed by atoms with Gasteiger partial charge in [-0.15, -0.1) is 0 Å². The number of nitrogens with zero attached hydrogens (tertiary/aromatic N) is 2. The molecule has 0 fully saturated rings. The van der Waals surface area contributed by atoms with E-state index in [0.717, 1.165) is 22.5 Å². The first-order chi connectivity index (χ1) is 18.6.